The van der Waals surface area contributed by atoms with Crippen molar-refractivity contribution in [2.24, 2.45) is 0 Å². The molecule has 120 valence electrons. The summed E-state index contributed by atoms with van der Waals surface area (Å²) in [6, 6.07) is 20.0. The summed E-state index contributed by atoms with van der Waals surface area (Å²) >= 11 is 6.02. The first-order valence-corrected chi connectivity index (χ1v) is 7.81. The van der Waals surface area contributed by atoms with Gasteiger partial charge in [-0.25, -0.2) is 0 Å². The van der Waals surface area contributed by atoms with E-state index in [1.165, 1.54) is 16.8 Å². The maximum atomic E-state index is 12.4. The van der Waals surface area contributed by atoms with Gasteiger partial charge in [0.2, 0.25) is 0 Å². The van der Waals surface area contributed by atoms with Gasteiger partial charge in [-0.2, -0.15) is 0 Å². The van der Waals surface area contributed by atoms with Crippen molar-refractivity contribution >= 4 is 23.2 Å². The minimum atomic E-state index is -0.322. The zero-order valence-corrected chi connectivity index (χ0v) is 13.5. The summed E-state index contributed by atoms with van der Waals surface area (Å²) in [6.07, 6.45) is 1.53. The predicted molar refractivity (Wildman–Crippen MR) is 95.7 cm³/mol. The van der Waals surface area contributed by atoms with Gasteiger partial charge in [0, 0.05) is 11.9 Å². The smallest absolute Gasteiger partial charge is 0.269 e. The number of carbonyl (C=O) groups excluding carboxylic acids is 1. The number of hydrogen-bond acceptors (Lipinski definition) is 2. The van der Waals surface area contributed by atoms with Gasteiger partial charge in [0.1, 0.15) is 5.02 Å². The SMILES string of the molecule is O=C(Nc1ccccc1)c1cc(Cl)c(=O)n(Cc2ccccc2)c1. The van der Waals surface area contributed by atoms with Crippen molar-refractivity contribution in [1.29, 1.82) is 0 Å². The Kier molecular flexibility index (Phi) is 4.77. The Morgan fingerprint density at radius 3 is 2.29 bits per heavy atom. The van der Waals surface area contributed by atoms with Crippen LogP contribution in [0.1, 0.15) is 15.9 Å². The van der Waals surface area contributed by atoms with E-state index in [0.717, 1.165) is 5.56 Å². The van der Waals surface area contributed by atoms with E-state index < -0.39 is 0 Å². The van der Waals surface area contributed by atoms with Crippen molar-refractivity contribution in [3.8, 4) is 0 Å². The third kappa shape index (κ3) is 3.73. The van der Waals surface area contributed by atoms with Crippen LogP contribution in [0.25, 0.3) is 0 Å². The van der Waals surface area contributed by atoms with Crippen LogP contribution in [-0.2, 0) is 6.54 Å². The lowest BCUT2D eigenvalue weighted by Crippen LogP contribution is -2.24. The van der Waals surface area contributed by atoms with Crippen LogP contribution in [0.2, 0.25) is 5.02 Å². The normalized spacial score (nSPS) is 10.4. The Hall–Kier alpha value is -2.85. The van der Waals surface area contributed by atoms with Crippen LogP contribution < -0.4 is 10.9 Å². The molecule has 1 amide bonds. The summed E-state index contributed by atoms with van der Waals surface area (Å²) in [6.45, 7) is 0.353. The number of pyridine rings is 1. The molecule has 0 aliphatic carbocycles. The van der Waals surface area contributed by atoms with E-state index in [-0.39, 0.29) is 16.5 Å². The molecule has 0 radical (unpaired) electrons. The maximum Gasteiger partial charge on any atom is 0.269 e. The molecule has 1 aromatic heterocycles. The molecule has 5 heteroatoms. The highest BCUT2D eigenvalue weighted by Gasteiger charge is 2.12. The Morgan fingerprint density at radius 2 is 1.62 bits per heavy atom. The Balaban J connectivity index is 1.89. The lowest BCUT2D eigenvalue weighted by atomic mass is 10.2. The van der Waals surface area contributed by atoms with E-state index in [9.17, 15) is 9.59 Å². The zero-order valence-electron chi connectivity index (χ0n) is 12.8. The van der Waals surface area contributed by atoms with Gasteiger partial charge >= 0.3 is 0 Å². The highest BCUT2D eigenvalue weighted by Crippen LogP contribution is 2.12. The van der Waals surface area contributed by atoms with E-state index in [1.807, 2.05) is 48.5 Å². The fourth-order valence-corrected chi connectivity index (χ4v) is 2.57. The van der Waals surface area contributed by atoms with E-state index in [2.05, 4.69) is 5.32 Å². The third-order valence-electron chi connectivity index (χ3n) is 3.53. The number of amides is 1. The molecule has 1 N–H and O–H groups in total. The van der Waals surface area contributed by atoms with Crippen molar-refractivity contribution in [2.45, 2.75) is 6.54 Å². The molecule has 0 unspecified atom stereocenters. The minimum Gasteiger partial charge on any atom is -0.322 e. The molecule has 0 fully saturated rings. The van der Waals surface area contributed by atoms with Gasteiger partial charge in [0.05, 0.1) is 12.1 Å². The van der Waals surface area contributed by atoms with Crippen molar-refractivity contribution < 1.29 is 4.79 Å². The second-order valence-electron chi connectivity index (χ2n) is 5.32. The van der Waals surface area contributed by atoms with Crippen LogP contribution in [0.3, 0.4) is 0 Å². The third-order valence-corrected chi connectivity index (χ3v) is 3.80. The summed E-state index contributed by atoms with van der Waals surface area (Å²) in [5.41, 5.74) is 1.65. The van der Waals surface area contributed by atoms with Crippen LogP contribution in [0.5, 0.6) is 0 Å². The number of para-hydroxylation sites is 1. The number of nitrogens with one attached hydrogen (secondary N) is 1. The lowest BCUT2D eigenvalue weighted by molar-refractivity contribution is 0.102. The van der Waals surface area contributed by atoms with Crippen molar-refractivity contribution in [3.05, 3.63) is 99.4 Å². The van der Waals surface area contributed by atoms with Gasteiger partial charge in [-0.1, -0.05) is 60.1 Å². The fraction of sp³-hybridized carbons (Fsp3) is 0.0526. The Labute approximate surface area is 144 Å². The Bertz CT molecular complexity index is 906. The van der Waals surface area contributed by atoms with Crippen LogP contribution in [0, 0.1) is 0 Å². The molecule has 2 aromatic carbocycles. The molecule has 0 aliphatic heterocycles. The second-order valence-corrected chi connectivity index (χ2v) is 5.72. The monoisotopic (exact) mass is 338 g/mol. The van der Waals surface area contributed by atoms with Gasteiger partial charge in [-0.05, 0) is 23.8 Å². The fourth-order valence-electron chi connectivity index (χ4n) is 2.35. The van der Waals surface area contributed by atoms with Crippen molar-refractivity contribution in [3.63, 3.8) is 0 Å². The number of halogens is 1. The quantitative estimate of drug-likeness (QED) is 0.786. The second kappa shape index (κ2) is 7.15. The summed E-state index contributed by atoms with van der Waals surface area (Å²) in [5.74, 6) is -0.315. The van der Waals surface area contributed by atoms with Gasteiger partial charge in [0.15, 0.2) is 0 Å². The molecule has 0 spiro atoms. The average Bonchev–Trinajstić information content (AvgIpc) is 2.60. The van der Waals surface area contributed by atoms with E-state index in [1.54, 1.807) is 12.1 Å². The average molecular weight is 339 g/mol. The largest absolute Gasteiger partial charge is 0.322 e. The predicted octanol–water partition coefficient (Wildman–Crippen LogP) is 3.80. The standard InChI is InChI=1S/C19H15ClN2O2/c20-17-11-15(18(23)21-16-9-5-2-6-10-16)13-22(19(17)24)12-14-7-3-1-4-8-14/h1-11,13H,12H2,(H,21,23). The number of aromatic nitrogens is 1. The molecule has 0 saturated heterocycles. The number of carbonyl (C=O) groups is 1. The molecule has 1 heterocycles. The molecule has 3 rings (SSSR count). The number of hydrogen-bond donors (Lipinski definition) is 1. The molecule has 0 saturated carbocycles. The number of benzene rings is 2. The van der Waals surface area contributed by atoms with Crippen LogP contribution in [0.15, 0.2) is 77.7 Å². The molecule has 3 aromatic rings. The first-order chi connectivity index (χ1) is 11.6. The molecular weight excluding hydrogens is 324 g/mol. The topological polar surface area (TPSA) is 51.1 Å². The van der Waals surface area contributed by atoms with Gasteiger partial charge in [-0.15, -0.1) is 0 Å². The summed E-state index contributed by atoms with van der Waals surface area (Å²) in [7, 11) is 0. The van der Waals surface area contributed by atoms with Crippen LogP contribution in [-0.4, -0.2) is 10.5 Å². The van der Waals surface area contributed by atoms with Crippen LogP contribution >= 0.6 is 11.6 Å². The highest BCUT2D eigenvalue weighted by atomic mass is 35.5. The van der Waals surface area contributed by atoms with Crippen LogP contribution in [0.4, 0.5) is 5.69 Å². The summed E-state index contributed by atoms with van der Waals surface area (Å²) in [4.78, 5) is 24.6. The lowest BCUT2D eigenvalue weighted by Gasteiger charge is -2.10. The Morgan fingerprint density at radius 1 is 1.00 bits per heavy atom. The van der Waals surface area contributed by atoms with Gasteiger partial charge in [-0.3, -0.25) is 9.59 Å². The minimum absolute atomic E-state index is 0.0200. The number of anilines is 1. The zero-order chi connectivity index (χ0) is 16.9. The van der Waals surface area contributed by atoms with Crippen molar-refractivity contribution in [2.75, 3.05) is 5.32 Å². The molecular formula is C19H15ClN2O2. The van der Waals surface area contributed by atoms with E-state index >= 15 is 0 Å². The summed E-state index contributed by atoms with van der Waals surface area (Å²) < 4.78 is 1.44. The highest BCUT2D eigenvalue weighted by molar-refractivity contribution is 6.30. The molecule has 24 heavy (non-hydrogen) atoms. The molecule has 0 aliphatic rings. The molecule has 0 atom stereocenters. The first kappa shape index (κ1) is 16.0. The molecule has 4 nitrogen and oxygen atoms in total. The number of rotatable bonds is 4. The van der Waals surface area contributed by atoms with Gasteiger partial charge in [0.25, 0.3) is 11.5 Å². The number of nitrogens with zero attached hydrogens (tertiary/aromatic N) is 1. The van der Waals surface area contributed by atoms with E-state index in [4.69, 9.17) is 11.6 Å². The first-order valence-electron chi connectivity index (χ1n) is 7.44. The van der Waals surface area contributed by atoms with Crippen molar-refractivity contribution in [1.82, 2.24) is 4.57 Å². The molecule has 0 bridgehead atoms. The van der Waals surface area contributed by atoms with E-state index in [0.29, 0.717) is 17.8 Å². The maximum absolute atomic E-state index is 12.4. The summed E-state index contributed by atoms with van der Waals surface area (Å²) in [5, 5.41) is 2.80. The van der Waals surface area contributed by atoms with Gasteiger partial charge < -0.3 is 9.88 Å².